The van der Waals surface area contributed by atoms with Gasteiger partial charge in [0.15, 0.2) is 11.5 Å². The van der Waals surface area contributed by atoms with Gasteiger partial charge in [0.05, 0.1) is 32.0 Å². The topological polar surface area (TPSA) is 83.1 Å². The number of unbranched alkanes of at least 4 members (excludes halogenated alkanes) is 3. The first kappa shape index (κ1) is 26.0. The van der Waals surface area contributed by atoms with Crippen LogP contribution in [0.3, 0.4) is 0 Å². The Morgan fingerprint density at radius 2 is 1.36 bits per heavy atom. The van der Waals surface area contributed by atoms with Crippen molar-refractivity contribution in [2.75, 3.05) is 31.7 Å². The lowest BCUT2D eigenvalue weighted by Crippen LogP contribution is -2.13. The van der Waals surface area contributed by atoms with E-state index in [1.54, 1.807) is 36.4 Å². The van der Waals surface area contributed by atoms with E-state index in [-0.39, 0.29) is 11.9 Å². The van der Waals surface area contributed by atoms with Crippen LogP contribution in [0, 0.1) is 0 Å². The fourth-order valence-electron chi connectivity index (χ4n) is 3.19. The highest BCUT2D eigenvalue weighted by Crippen LogP contribution is 2.39. The molecule has 0 aliphatic carbocycles. The summed E-state index contributed by atoms with van der Waals surface area (Å²) < 4.78 is 22.3. The molecule has 0 saturated carbocycles. The van der Waals surface area contributed by atoms with Gasteiger partial charge in [-0.2, -0.15) is 0 Å². The van der Waals surface area contributed by atoms with E-state index in [9.17, 15) is 9.59 Å². The summed E-state index contributed by atoms with van der Waals surface area (Å²) in [6.45, 7) is 9.44. The van der Waals surface area contributed by atoms with E-state index in [4.69, 9.17) is 18.9 Å². The average Bonchev–Trinajstić information content (AvgIpc) is 2.81. The van der Waals surface area contributed by atoms with Gasteiger partial charge in [-0.15, -0.1) is 0 Å². The first-order valence-corrected chi connectivity index (χ1v) is 11.7. The van der Waals surface area contributed by atoms with Gasteiger partial charge in [0.25, 0.3) is 5.91 Å². The van der Waals surface area contributed by atoms with Crippen molar-refractivity contribution in [3.63, 3.8) is 0 Å². The fraction of sp³-hybridized carbons (Fsp3) is 0.462. The minimum atomic E-state index is -0.362. The van der Waals surface area contributed by atoms with Crippen molar-refractivity contribution in [3.8, 4) is 17.2 Å². The van der Waals surface area contributed by atoms with Gasteiger partial charge in [-0.25, -0.2) is 4.79 Å². The number of ether oxygens (including phenoxy) is 4. The van der Waals surface area contributed by atoms with Crippen molar-refractivity contribution in [3.05, 3.63) is 47.5 Å². The Morgan fingerprint density at radius 3 is 1.91 bits per heavy atom. The predicted molar refractivity (Wildman–Crippen MR) is 129 cm³/mol. The number of hydrogen-bond acceptors (Lipinski definition) is 6. The second-order valence-electron chi connectivity index (χ2n) is 7.33. The van der Waals surface area contributed by atoms with E-state index in [2.05, 4.69) is 12.2 Å². The van der Waals surface area contributed by atoms with Crippen molar-refractivity contribution >= 4 is 17.6 Å². The lowest BCUT2D eigenvalue weighted by molar-refractivity contribution is 0.0497. The molecule has 0 saturated heterocycles. The maximum atomic E-state index is 12.9. The summed E-state index contributed by atoms with van der Waals surface area (Å²) in [6, 6.07) is 9.90. The number of amides is 1. The first-order valence-electron chi connectivity index (χ1n) is 11.7. The summed E-state index contributed by atoms with van der Waals surface area (Å²) in [4.78, 5) is 25.1. The third-order valence-corrected chi connectivity index (χ3v) is 4.78. The van der Waals surface area contributed by atoms with Gasteiger partial charge in [-0.1, -0.05) is 26.2 Å². The van der Waals surface area contributed by atoms with Gasteiger partial charge in [-0.05, 0) is 63.6 Å². The number of esters is 1. The molecule has 33 heavy (non-hydrogen) atoms. The van der Waals surface area contributed by atoms with Crippen molar-refractivity contribution in [1.82, 2.24) is 0 Å². The molecule has 0 aromatic heterocycles. The van der Waals surface area contributed by atoms with E-state index in [0.29, 0.717) is 60.5 Å². The van der Waals surface area contributed by atoms with E-state index < -0.39 is 0 Å². The van der Waals surface area contributed by atoms with Crippen LogP contribution < -0.4 is 19.5 Å². The highest BCUT2D eigenvalue weighted by molar-refractivity contribution is 6.05. The van der Waals surface area contributed by atoms with Crippen LogP contribution in [0.2, 0.25) is 0 Å². The monoisotopic (exact) mass is 457 g/mol. The summed E-state index contributed by atoms with van der Waals surface area (Å²) in [5.74, 6) is 0.695. The predicted octanol–water partition coefficient (Wildman–Crippen LogP) is 5.87. The molecule has 180 valence electrons. The van der Waals surface area contributed by atoms with Crippen LogP contribution in [0.1, 0.15) is 74.1 Å². The third-order valence-electron chi connectivity index (χ3n) is 4.78. The van der Waals surface area contributed by atoms with Gasteiger partial charge >= 0.3 is 5.97 Å². The van der Waals surface area contributed by atoms with E-state index in [1.165, 1.54) is 0 Å². The van der Waals surface area contributed by atoms with Crippen LogP contribution in [-0.2, 0) is 4.74 Å². The Kier molecular flexibility index (Phi) is 11.1. The molecule has 0 aliphatic heterocycles. The molecule has 2 aromatic carbocycles. The van der Waals surface area contributed by atoms with E-state index in [0.717, 1.165) is 25.7 Å². The molecule has 1 amide bonds. The molecule has 7 heteroatoms. The Bertz CT molecular complexity index is 867. The Labute approximate surface area is 196 Å². The maximum Gasteiger partial charge on any atom is 0.338 e. The summed E-state index contributed by atoms with van der Waals surface area (Å²) >= 11 is 0. The molecule has 0 aliphatic rings. The number of nitrogens with one attached hydrogen (secondary N) is 1. The number of hydrogen-bond donors (Lipinski definition) is 1. The minimum Gasteiger partial charge on any atom is -0.490 e. The van der Waals surface area contributed by atoms with Crippen molar-refractivity contribution in [2.24, 2.45) is 0 Å². The van der Waals surface area contributed by atoms with E-state index in [1.807, 2.05) is 20.8 Å². The quantitative estimate of drug-likeness (QED) is 0.282. The Balaban J connectivity index is 2.08. The summed E-state index contributed by atoms with van der Waals surface area (Å²) in [5, 5.41) is 2.84. The standard InChI is InChI=1S/C26H35NO6/c1-5-9-10-11-16-33-26(29)19-12-14-21(15-13-19)27-25(28)20-17-22(30-6-2)24(32-8-4)23(18-20)31-7-3/h12-15,17-18H,5-11,16H2,1-4H3,(H,27,28). The zero-order chi connectivity index (χ0) is 24.1. The summed E-state index contributed by atoms with van der Waals surface area (Å²) in [7, 11) is 0. The molecule has 0 atom stereocenters. The third kappa shape index (κ3) is 8.00. The minimum absolute atomic E-state index is 0.328. The molecule has 0 radical (unpaired) electrons. The largest absolute Gasteiger partial charge is 0.490 e. The van der Waals surface area contributed by atoms with Crippen molar-refractivity contribution < 1.29 is 28.5 Å². The van der Waals surface area contributed by atoms with Crippen LogP contribution in [0.4, 0.5) is 5.69 Å². The van der Waals surface area contributed by atoms with Gasteiger partial charge in [0.1, 0.15) is 0 Å². The van der Waals surface area contributed by atoms with Crippen LogP contribution in [0.15, 0.2) is 36.4 Å². The lowest BCUT2D eigenvalue weighted by Gasteiger charge is -2.17. The maximum absolute atomic E-state index is 12.9. The molecule has 2 rings (SSSR count). The second-order valence-corrected chi connectivity index (χ2v) is 7.33. The highest BCUT2D eigenvalue weighted by Gasteiger charge is 2.18. The molecular weight excluding hydrogens is 422 g/mol. The number of benzene rings is 2. The molecule has 0 bridgehead atoms. The molecule has 2 aromatic rings. The lowest BCUT2D eigenvalue weighted by atomic mass is 10.1. The molecular formula is C26H35NO6. The number of anilines is 1. The van der Waals surface area contributed by atoms with Crippen molar-refractivity contribution in [2.45, 2.75) is 53.4 Å². The first-order chi connectivity index (χ1) is 16.0. The smallest absolute Gasteiger partial charge is 0.338 e. The average molecular weight is 458 g/mol. The molecule has 1 N–H and O–H groups in total. The van der Waals surface area contributed by atoms with Gasteiger partial charge < -0.3 is 24.3 Å². The van der Waals surface area contributed by atoms with Gasteiger partial charge in [0.2, 0.25) is 5.75 Å². The SMILES string of the molecule is CCCCCCOC(=O)c1ccc(NC(=O)c2cc(OCC)c(OCC)c(OCC)c2)cc1. The fourth-order valence-corrected chi connectivity index (χ4v) is 3.19. The second kappa shape index (κ2) is 14.0. The Hall–Kier alpha value is -3.22. The highest BCUT2D eigenvalue weighted by atomic mass is 16.5. The zero-order valence-electron chi connectivity index (χ0n) is 20.1. The number of rotatable bonds is 14. The van der Waals surface area contributed by atoms with Crippen molar-refractivity contribution in [1.29, 1.82) is 0 Å². The number of carbonyl (C=O) groups excluding carboxylic acids is 2. The molecule has 0 heterocycles. The Morgan fingerprint density at radius 1 is 0.758 bits per heavy atom. The summed E-state index contributed by atoms with van der Waals surface area (Å²) in [6.07, 6.45) is 4.19. The normalized spacial score (nSPS) is 10.4. The van der Waals surface area contributed by atoms with Gasteiger partial charge in [0, 0.05) is 11.3 Å². The van der Waals surface area contributed by atoms with Crippen LogP contribution >= 0.6 is 0 Å². The zero-order valence-corrected chi connectivity index (χ0v) is 20.1. The van der Waals surface area contributed by atoms with Crippen LogP contribution in [0.5, 0.6) is 17.2 Å². The van der Waals surface area contributed by atoms with Crippen LogP contribution in [0.25, 0.3) is 0 Å². The molecule has 7 nitrogen and oxygen atoms in total. The molecule has 0 spiro atoms. The van der Waals surface area contributed by atoms with Gasteiger partial charge in [-0.3, -0.25) is 4.79 Å². The summed E-state index contributed by atoms with van der Waals surface area (Å²) in [5.41, 5.74) is 1.38. The number of carbonyl (C=O) groups is 2. The molecule has 0 unspecified atom stereocenters. The molecule has 0 fully saturated rings. The van der Waals surface area contributed by atoms with Crippen LogP contribution in [-0.4, -0.2) is 38.3 Å². The van der Waals surface area contributed by atoms with E-state index >= 15 is 0 Å².